The number of nitrogens with two attached hydrogens (primary N) is 1. The molecular formula is C16H25NS. The van der Waals surface area contributed by atoms with E-state index in [1.54, 1.807) is 0 Å². The molecule has 0 saturated carbocycles. The monoisotopic (exact) mass is 263 g/mol. The highest BCUT2D eigenvalue weighted by Crippen LogP contribution is 2.41. The van der Waals surface area contributed by atoms with Crippen LogP contribution < -0.4 is 5.73 Å². The van der Waals surface area contributed by atoms with E-state index in [-0.39, 0.29) is 5.54 Å². The minimum atomic E-state index is 0.0513. The van der Waals surface area contributed by atoms with Crippen molar-refractivity contribution in [1.82, 2.24) is 0 Å². The van der Waals surface area contributed by atoms with Gasteiger partial charge in [-0.15, -0.1) is 11.8 Å². The summed E-state index contributed by atoms with van der Waals surface area (Å²) in [5.74, 6) is 0. The van der Waals surface area contributed by atoms with Crippen molar-refractivity contribution in [3.05, 3.63) is 29.8 Å². The number of rotatable bonds is 6. The van der Waals surface area contributed by atoms with Crippen molar-refractivity contribution in [2.24, 2.45) is 5.73 Å². The quantitative estimate of drug-likeness (QED) is 0.823. The van der Waals surface area contributed by atoms with Gasteiger partial charge in [0.05, 0.1) is 0 Å². The van der Waals surface area contributed by atoms with Crippen LogP contribution in [0.4, 0.5) is 0 Å². The predicted octanol–water partition coefficient (Wildman–Crippen LogP) is 4.39. The van der Waals surface area contributed by atoms with E-state index in [1.165, 1.54) is 36.1 Å². The van der Waals surface area contributed by atoms with E-state index >= 15 is 0 Å². The summed E-state index contributed by atoms with van der Waals surface area (Å²) >= 11 is 2.03. The van der Waals surface area contributed by atoms with E-state index in [2.05, 4.69) is 38.1 Å². The van der Waals surface area contributed by atoms with Gasteiger partial charge in [-0.05, 0) is 37.3 Å². The smallest absolute Gasteiger partial charge is 0.0162 e. The Balaban J connectivity index is 1.95. The maximum absolute atomic E-state index is 6.58. The minimum absolute atomic E-state index is 0.0513. The summed E-state index contributed by atoms with van der Waals surface area (Å²) in [6, 6.07) is 8.80. The summed E-state index contributed by atoms with van der Waals surface area (Å²) in [5.41, 5.74) is 8.15. The minimum Gasteiger partial charge on any atom is -0.325 e. The fourth-order valence-corrected chi connectivity index (χ4v) is 4.27. The Bertz CT molecular complexity index is 365. The molecule has 2 heteroatoms. The Morgan fingerprint density at radius 1 is 1.33 bits per heavy atom. The van der Waals surface area contributed by atoms with Gasteiger partial charge in [0.2, 0.25) is 0 Å². The van der Waals surface area contributed by atoms with Crippen LogP contribution in [0.25, 0.3) is 0 Å². The lowest BCUT2D eigenvalue weighted by atomic mass is 9.85. The van der Waals surface area contributed by atoms with Crippen LogP contribution in [0.1, 0.15) is 51.5 Å². The van der Waals surface area contributed by atoms with Crippen LogP contribution in [-0.4, -0.2) is 10.8 Å². The fourth-order valence-electron chi connectivity index (χ4n) is 2.77. The number of unbranched alkanes of at least 4 members (excludes halogenated alkanes) is 1. The average Bonchev–Trinajstić information content (AvgIpc) is 2.78. The van der Waals surface area contributed by atoms with Crippen molar-refractivity contribution < 1.29 is 0 Å². The molecule has 1 aromatic rings. The van der Waals surface area contributed by atoms with Crippen LogP contribution in [0, 0.1) is 0 Å². The first-order valence-electron chi connectivity index (χ1n) is 7.20. The Kier molecular flexibility index (Phi) is 4.74. The van der Waals surface area contributed by atoms with Crippen LogP contribution in [0.15, 0.2) is 29.2 Å². The molecule has 2 atom stereocenters. The zero-order chi connectivity index (χ0) is 13.0. The molecule has 0 saturated heterocycles. The van der Waals surface area contributed by atoms with Gasteiger partial charge in [0.15, 0.2) is 0 Å². The van der Waals surface area contributed by atoms with Crippen molar-refractivity contribution >= 4 is 11.8 Å². The van der Waals surface area contributed by atoms with E-state index in [0.29, 0.717) is 5.25 Å². The molecule has 0 radical (unpaired) electrons. The standard InChI is InChI=1S/C16H25NS/c1-3-5-10-16(17,4-2)12-14-11-13-8-6-7-9-15(13)18-14/h6-9,14H,3-5,10-12,17H2,1-2H3. The molecule has 100 valence electrons. The summed E-state index contributed by atoms with van der Waals surface area (Å²) in [4.78, 5) is 1.47. The van der Waals surface area contributed by atoms with Crippen LogP contribution >= 0.6 is 11.8 Å². The number of fused-ring (bicyclic) bond motifs is 1. The second kappa shape index (κ2) is 6.12. The highest BCUT2D eigenvalue weighted by atomic mass is 32.2. The van der Waals surface area contributed by atoms with E-state index in [4.69, 9.17) is 5.73 Å². The normalized spacial score (nSPS) is 21.6. The molecule has 18 heavy (non-hydrogen) atoms. The molecule has 0 aliphatic carbocycles. The lowest BCUT2D eigenvalue weighted by Gasteiger charge is -2.30. The Labute approximate surface area is 116 Å². The molecule has 0 fully saturated rings. The Hall–Kier alpha value is -0.470. The fraction of sp³-hybridized carbons (Fsp3) is 0.625. The van der Waals surface area contributed by atoms with E-state index in [9.17, 15) is 0 Å². The summed E-state index contributed by atoms with van der Waals surface area (Å²) in [6.07, 6.45) is 7.13. The van der Waals surface area contributed by atoms with E-state index in [0.717, 1.165) is 12.8 Å². The molecule has 1 aliphatic rings. The van der Waals surface area contributed by atoms with Crippen molar-refractivity contribution in [3.8, 4) is 0 Å². The van der Waals surface area contributed by atoms with Gasteiger partial charge in [-0.2, -0.15) is 0 Å². The number of benzene rings is 1. The molecule has 0 spiro atoms. The second-order valence-corrected chi connectivity index (χ2v) is 6.92. The first-order chi connectivity index (χ1) is 8.67. The Morgan fingerprint density at radius 2 is 2.11 bits per heavy atom. The summed E-state index contributed by atoms with van der Waals surface area (Å²) in [5, 5.41) is 0.684. The van der Waals surface area contributed by atoms with E-state index < -0.39 is 0 Å². The largest absolute Gasteiger partial charge is 0.325 e. The van der Waals surface area contributed by atoms with Crippen LogP contribution in [0.2, 0.25) is 0 Å². The summed E-state index contributed by atoms with van der Waals surface area (Å²) in [6.45, 7) is 4.48. The predicted molar refractivity (Wildman–Crippen MR) is 81.1 cm³/mol. The molecule has 1 aliphatic heterocycles. The summed E-state index contributed by atoms with van der Waals surface area (Å²) in [7, 11) is 0. The van der Waals surface area contributed by atoms with Crippen LogP contribution in [0.3, 0.4) is 0 Å². The van der Waals surface area contributed by atoms with Crippen molar-refractivity contribution in [2.45, 2.75) is 68.1 Å². The van der Waals surface area contributed by atoms with Crippen molar-refractivity contribution in [1.29, 1.82) is 0 Å². The molecule has 1 heterocycles. The lowest BCUT2D eigenvalue weighted by Crippen LogP contribution is -2.41. The van der Waals surface area contributed by atoms with Gasteiger partial charge in [0.25, 0.3) is 0 Å². The highest BCUT2D eigenvalue weighted by molar-refractivity contribution is 8.00. The van der Waals surface area contributed by atoms with Crippen LogP contribution in [-0.2, 0) is 6.42 Å². The first kappa shape index (κ1) is 14.0. The third kappa shape index (κ3) is 3.30. The van der Waals surface area contributed by atoms with Gasteiger partial charge in [-0.1, -0.05) is 44.9 Å². The van der Waals surface area contributed by atoms with Gasteiger partial charge in [-0.25, -0.2) is 0 Å². The first-order valence-corrected chi connectivity index (χ1v) is 8.08. The zero-order valence-corrected chi connectivity index (χ0v) is 12.4. The maximum atomic E-state index is 6.58. The van der Waals surface area contributed by atoms with Crippen molar-refractivity contribution in [2.75, 3.05) is 0 Å². The molecule has 2 unspecified atom stereocenters. The molecule has 1 aromatic carbocycles. The molecule has 0 amide bonds. The molecule has 2 rings (SSSR count). The molecule has 0 aromatic heterocycles. The van der Waals surface area contributed by atoms with Crippen molar-refractivity contribution in [3.63, 3.8) is 0 Å². The Morgan fingerprint density at radius 3 is 2.78 bits per heavy atom. The summed E-state index contributed by atoms with van der Waals surface area (Å²) < 4.78 is 0. The van der Waals surface area contributed by atoms with Gasteiger partial charge in [0.1, 0.15) is 0 Å². The third-order valence-corrected chi connectivity index (χ3v) is 5.40. The topological polar surface area (TPSA) is 26.0 Å². The molecule has 0 bridgehead atoms. The third-order valence-electron chi connectivity index (χ3n) is 4.08. The van der Waals surface area contributed by atoms with Crippen LogP contribution in [0.5, 0.6) is 0 Å². The molecule has 2 N–H and O–H groups in total. The molecular weight excluding hydrogens is 238 g/mol. The number of hydrogen-bond donors (Lipinski definition) is 1. The lowest BCUT2D eigenvalue weighted by molar-refractivity contribution is 0.339. The van der Waals surface area contributed by atoms with Gasteiger partial charge in [-0.3, -0.25) is 0 Å². The van der Waals surface area contributed by atoms with E-state index in [1.807, 2.05) is 11.8 Å². The number of hydrogen-bond acceptors (Lipinski definition) is 2. The van der Waals surface area contributed by atoms with Gasteiger partial charge in [0, 0.05) is 15.7 Å². The SMILES string of the molecule is CCCCC(N)(CC)CC1Cc2ccccc2S1. The van der Waals surface area contributed by atoms with Gasteiger partial charge >= 0.3 is 0 Å². The van der Waals surface area contributed by atoms with Gasteiger partial charge < -0.3 is 5.73 Å². The highest BCUT2D eigenvalue weighted by Gasteiger charge is 2.30. The average molecular weight is 263 g/mol. The zero-order valence-electron chi connectivity index (χ0n) is 11.6. The second-order valence-electron chi connectivity index (χ2n) is 5.58. The molecule has 1 nitrogen and oxygen atoms in total. The number of thioether (sulfide) groups is 1. The maximum Gasteiger partial charge on any atom is 0.0162 e.